The molecule has 1 aromatic carbocycles. The number of urea groups is 1. The summed E-state index contributed by atoms with van der Waals surface area (Å²) in [4.78, 5) is 11.8. The van der Waals surface area contributed by atoms with Gasteiger partial charge in [-0.15, -0.1) is 0 Å². The number of aryl methyl sites for hydroxylation is 1. The molecular weight excluding hydrogens is 252 g/mol. The Hall–Kier alpha value is -1.55. The SMILES string of the molecule is Cc1cccc(NC(=O)NCCCC(C)(C)CO)c1C. The van der Waals surface area contributed by atoms with Gasteiger partial charge in [-0.25, -0.2) is 4.79 Å². The molecule has 0 bridgehead atoms. The van der Waals surface area contributed by atoms with Crippen LogP contribution in [0.5, 0.6) is 0 Å². The van der Waals surface area contributed by atoms with Gasteiger partial charge in [0, 0.05) is 18.8 Å². The number of rotatable bonds is 6. The summed E-state index contributed by atoms with van der Waals surface area (Å²) in [6, 6.07) is 5.67. The van der Waals surface area contributed by atoms with Gasteiger partial charge in [0.05, 0.1) is 0 Å². The minimum absolute atomic E-state index is 0.0781. The van der Waals surface area contributed by atoms with Crippen molar-refractivity contribution in [3.63, 3.8) is 0 Å². The summed E-state index contributed by atoms with van der Waals surface area (Å²) in [5.41, 5.74) is 3.01. The first-order valence-corrected chi connectivity index (χ1v) is 7.08. The van der Waals surface area contributed by atoms with Crippen molar-refractivity contribution >= 4 is 11.7 Å². The second-order valence-corrected chi connectivity index (χ2v) is 6.05. The van der Waals surface area contributed by atoms with Crippen LogP contribution in [-0.2, 0) is 0 Å². The molecule has 20 heavy (non-hydrogen) atoms. The van der Waals surface area contributed by atoms with Gasteiger partial charge in [-0.1, -0.05) is 26.0 Å². The highest BCUT2D eigenvalue weighted by atomic mass is 16.3. The lowest BCUT2D eigenvalue weighted by molar-refractivity contribution is 0.148. The van der Waals surface area contributed by atoms with Crippen molar-refractivity contribution in [2.75, 3.05) is 18.5 Å². The minimum Gasteiger partial charge on any atom is -0.396 e. The molecule has 1 rings (SSSR count). The molecule has 0 spiro atoms. The van der Waals surface area contributed by atoms with Crippen LogP contribution in [0, 0.1) is 19.3 Å². The van der Waals surface area contributed by atoms with E-state index in [1.807, 2.05) is 45.9 Å². The van der Waals surface area contributed by atoms with Crippen molar-refractivity contribution in [2.24, 2.45) is 5.41 Å². The molecule has 0 fully saturated rings. The molecule has 0 atom stereocenters. The third-order valence-corrected chi connectivity index (χ3v) is 3.60. The van der Waals surface area contributed by atoms with Crippen molar-refractivity contribution in [3.05, 3.63) is 29.3 Å². The number of anilines is 1. The molecule has 0 aromatic heterocycles. The zero-order valence-corrected chi connectivity index (χ0v) is 12.9. The second kappa shape index (κ2) is 7.29. The van der Waals surface area contributed by atoms with Crippen LogP contribution in [0.3, 0.4) is 0 Å². The van der Waals surface area contributed by atoms with Crippen molar-refractivity contribution in [2.45, 2.75) is 40.5 Å². The number of aliphatic hydroxyl groups excluding tert-OH is 1. The summed E-state index contributed by atoms with van der Waals surface area (Å²) in [5.74, 6) is 0. The first-order valence-electron chi connectivity index (χ1n) is 7.08. The van der Waals surface area contributed by atoms with Crippen LogP contribution in [-0.4, -0.2) is 24.3 Å². The summed E-state index contributed by atoms with van der Waals surface area (Å²) >= 11 is 0. The van der Waals surface area contributed by atoms with Gasteiger partial charge >= 0.3 is 6.03 Å². The number of nitrogens with one attached hydrogen (secondary N) is 2. The number of benzene rings is 1. The van der Waals surface area contributed by atoms with Crippen LogP contribution in [0.15, 0.2) is 18.2 Å². The number of amides is 2. The number of hydrogen-bond acceptors (Lipinski definition) is 2. The summed E-state index contributed by atoms with van der Waals surface area (Å²) in [5, 5.41) is 14.9. The highest BCUT2D eigenvalue weighted by Crippen LogP contribution is 2.20. The Labute approximate surface area is 121 Å². The minimum atomic E-state index is -0.180. The van der Waals surface area contributed by atoms with Gasteiger partial charge in [-0.05, 0) is 49.3 Å². The molecule has 2 amide bonds. The fourth-order valence-electron chi connectivity index (χ4n) is 1.90. The van der Waals surface area contributed by atoms with E-state index in [1.54, 1.807) is 0 Å². The first kappa shape index (κ1) is 16.5. The summed E-state index contributed by atoms with van der Waals surface area (Å²) < 4.78 is 0. The number of carbonyl (C=O) groups is 1. The molecular formula is C16H26N2O2. The van der Waals surface area contributed by atoms with Gasteiger partial charge < -0.3 is 15.7 Å². The monoisotopic (exact) mass is 278 g/mol. The maximum Gasteiger partial charge on any atom is 0.319 e. The molecule has 0 aliphatic rings. The molecule has 0 radical (unpaired) electrons. The average Bonchev–Trinajstić information content (AvgIpc) is 2.40. The molecule has 0 aliphatic heterocycles. The highest BCUT2D eigenvalue weighted by Gasteiger charge is 2.15. The molecule has 112 valence electrons. The third kappa shape index (κ3) is 5.21. The van der Waals surface area contributed by atoms with Crippen LogP contribution in [0.1, 0.15) is 37.8 Å². The van der Waals surface area contributed by atoms with E-state index in [4.69, 9.17) is 5.11 Å². The van der Waals surface area contributed by atoms with E-state index >= 15 is 0 Å². The largest absolute Gasteiger partial charge is 0.396 e. The van der Waals surface area contributed by atoms with E-state index in [1.165, 1.54) is 0 Å². The maximum atomic E-state index is 11.8. The fraction of sp³-hybridized carbons (Fsp3) is 0.562. The van der Waals surface area contributed by atoms with Crippen LogP contribution >= 0.6 is 0 Å². The van der Waals surface area contributed by atoms with E-state index in [-0.39, 0.29) is 18.1 Å². The Morgan fingerprint density at radius 3 is 2.65 bits per heavy atom. The Morgan fingerprint density at radius 2 is 2.00 bits per heavy atom. The standard InChI is InChI=1S/C16H26N2O2/c1-12-7-5-8-14(13(12)2)18-15(20)17-10-6-9-16(3,4)11-19/h5,7-8,19H,6,9-11H2,1-4H3,(H2,17,18,20). The van der Waals surface area contributed by atoms with Gasteiger partial charge in [0.1, 0.15) is 0 Å². The molecule has 4 heteroatoms. The van der Waals surface area contributed by atoms with Crippen LogP contribution in [0.4, 0.5) is 10.5 Å². The van der Waals surface area contributed by atoms with E-state index in [0.29, 0.717) is 6.54 Å². The van der Waals surface area contributed by atoms with Gasteiger partial charge in [-0.3, -0.25) is 0 Å². The number of aliphatic hydroxyl groups is 1. The first-order chi connectivity index (χ1) is 9.35. The molecule has 3 N–H and O–H groups in total. The van der Waals surface area contributed by atoms with Crippen molar-refractivity contribution in [1.29, 1.82) is 0 Å². The zero-order chi connectivity index (χ0) is 15.2. The Bertz CT molecular complexity index is 456. The van der Waals surface area contributed by atoms with Crippen LogP contribution < -0.4 is 10.6 Å². The van der Waals surface area contributed by atoms with Crippen molar-refractivity contribution in [3.8, 4) is 0 Å². The molecule has 0 heterocycles. The third-order valence-electron chi connectivity index (χ3n) is 3.60. The van der Waals surface area contributed by atoms with Crippen LogP contribution in [0.25, 0.3) is 0 Å². The van der Waals surface area contributed by atoms with Gasteiger partial charge in [0.2, 0.25) is 0 Å². The number of hydrogen-bond donors (Lipinski definition) is 3. The van der Waals surface area contributed by atoms with Gasteiger partial charge in [-0.2, -0.15) is 0 Å². The number of carbonyl (C=O) groups excluding carboxylic acids is 1. The predicted octanol–water partition coefficient (Wildman–Crippen LogP) is 3.22. The molecule has 1 aromatic rings. The summed E-state index contributed by atoms with van der Waals surface area (Å²) in [7, 11) is 0. The lowest BCUT2D eigenvalue weighted by Gasteiger charge is -2.21. The average molecular weight is 278 g/mol. The smallest absolute Gasteiger partial charge is 0.319 e. The maximum absolute atomic E-state index is 11.8. The second-order valence-electron chi connectivity index (χ2n) is 6.05. The van der Waals surface area contributed by atoms with E-state index in [0.717, 1.165) is 29.7 Å². The Morgan fingerprint density at radius 1 is 1.30 bits per heavy atom. The Kier molecular flexibility index (Phi) is 6.02. The molecule has 0 saturated heterocycles. The van der Waals surface area contributed by atoms with Gasteiger partial charge in [0.15, 0.2) is 0 Å². The molecule has 0 saturated carbocycles. The summed E-state index contributed by atoms with van der Waals surface area (Å²) in [6.45, 7) is 8.83. The van der Waals surface area contributed by atoms with E-state index in [9.17, 15) is 4.79 Å². The van der Waals surface area contributed by atoms with Crippen molar-refractivity contribution < 1.29 is 9.90 Å². The summed E-state index contributed by atoms with van der Waals surface area (Å²) in [6.07, 6.45) is 1.74. The van der Waals surface area contributed by atoms with Crippen molar-refractivity contribution in [1.82, 2.24) is 5.32 Å². The van der Waals surface area contributed by atoms with Crippen LogP contribution in [0.2, 0.25) is 0 Å². The predicted molar refractivity (Wildman–Crippen MR) is 83.0 cm³/mol. The lowest BCUT2D eigenvalue weighted by atomic mass is 9.89. The van der Waals surface area contributed by atoms with E-state index < -0.39 is 0 Å². The molecule has 0 aliphatic carbocycles. The molecule has 0 unspecified atom stereocenters. The topological polar surface area (TPSA) is 61.4 Å². The fourth-order valence-corrected chi connectivity index (χ4v) is 1.90. The van der Waals surface area contributed by atoms with E-state index in [2.05, 4.69) is 10.6 Å². The lowest BCUT2D eigenvalue weighted by Crippen LogP contribution is -2.30. The van der Waals surface area contributed by atoms with Gasteiger partial charge in [0.25, 0.3) is 0 Å². The highest BCUT2D eigenvalue weighted by molar-refractivity contribution is 5.90. The normalized spacial score (nSPS) is 11.2. The quantitative estimate of drug-likeness (QED) is 0.700. The zero-order valence-electron chi connectivity index (χ0n) is 12.9. The molecule has 4 nitrogen and oxygen atoms in total. The Balaban J connectivity index is 2.36.